The molecule has 2 amide bonds. The van der Waals surface area contributed by atoms with Crippen LogP contribution in [-0.2, 0) is 9.59 Å². The largest absolute Gasteiger partial charge is 0.494 e. The van der Waals surface area contributed by atoms with Crippen LogP contribution in [0.2, 0.25) is 0 Å². The monoisotopic (exact) mass is 479 g/mol. The van der Waals surface area contributed by atoms with E-state index in [0.29, 0.717) is 18.2 Å². The summed E-state index contributed by atoms with van der Waals surface area (Å²) >= 11 is 0. The van der Waals surface area contributed by atoms with Crippen molar-refractivity contribution in [2.24, 2.45) is 11.8 Å². The van der Waals surface area contributed by atoms with Gasteiger partial charge in [-0.25, -0.2) is 4.90 Å². The highest BCUT2D eigenvalue weighted by atomic mass is 16.5. The predicted octanol–water partition coefficient (Wildman–Crippen LogP) is 6.78. The lowest BCUT2D eigenvalue weighted by Gasteiger charge is -2.46. The maximum Gasteiger partial charge on any atom is 0.238 e. The lowest BCUT2D eigenvalue weighted by Crippen LogP contribution is -2.41. The van der Waals surface area contributed by atoms with E-state index in [2.05, 4.69) is 63.2 Å². The van der Waals surface area contributed by atoms with Crippen LogP contribution >= 0.6 is 0 Å². The Balaban J connectivity index is 1.37. The van der Waals surface area contributed by atoms with Crippen molar-refractivity contribution < 1.29 is 14.3 Å². The summed E-state index contributed by atoms with van der Waals surface area (Å²) in [7, 11) is 0. The van der Waals surface area contributed by atoms with E-state index in [1.165, 1.54) is 32.7 Å². The third-order valence-corrected chi connectivity index (χ3v) is 8.34. The molecule has 184 valence electrons. The lowest BCUT2D eigenvalue weighted by atomic mass is 9.54. The van der Waals surface area contributed by atoms with Gasteiger partial charge in [0.1, 0.15) is 5.75 Å². The molecule has 1 saturated heterocycles. The number of nitrogens with zero attached hydrogens (tertiary/aromatic N) is 1. The zero-order valence-electron chi connectivity index (χ0n) is 21.2. The second kappa shape index (κ2) is 8.92. The maximum absolute atomic E-state index is 14.0. The van der Waals surface area contributed by atoms with Gasteiger partial charge in [0.25, 0.3) is 0 Å². The summed E-state index contributed by atoms with van der Waals surface area (Å²) in [6.07, 6.45) is 3.31. The van der Waals surface area contributed by atoms with Crippen molar-refractivity contribution in [2.45, 2.75) is 57.8 Å². The minimum Gasteiger partial charge on any atom is -0.494 e. The Labute approximate surface area is 213 Å². The molecule has 0 N–H and O–H groups in total. The first-order valence-electron chi connectivity index (χ1n) is 13.3. The van der Waals surface area contributed by atoms with Gasteiger partial charge in [-0.2, -0.15) is 0 Å². The Kier molecular flexibility index (Phi) is 5.70. The van der Waals surface area contributed by atoms with Crippen LogP contribution < -0.4 is 9.64 Å². The van der Waals surface area contributed by atoms with Crippen LogP contribution in [0.5, 0.6) is 5.75 Å². The van der Waals surface area contributed by atoms with E-state index < -0.39 is 0 Å². The molecule has 3 aliphatic carbocycles. The van der Waals surface area contributed by atoms with Gasteiger partial charge in [0, 0.05) is 11.8 Å². The Morgan fingerprint density at radius 2 is 1.39 bits per heavy atom. The van der Waals surface area contributed by atoms with Crippen molar-refractivity contribution >= 4 is 17.5 Å². The first-order valence-corrected chi connectivity index (χ1v) is 13.3. The normalized spacial score (nSPS) is 23.6. The summed E-state index contributed by atoms with van der Waals surface area (Å²) in [6, 6.07) is 22.5. The van der Waals surface area contributed by atoms with Crippen LogP contribution in [0.3, 0.4) is 0 Å². The molecule has 2 bridgehead atoms. The van der Waals surface area contributed by atoms with Gasteiger partial charge >= 0.3 is 0 Å². The van der Waals surface area contributed by atoms with Crippen molar-refractivity contribution in [3.8, 4) is 5.75 Å². The fourth-order valence-electron chi connectivity index (χ4n) is 6.59. The van der Waals surface area contributed by atoms with E-state index in [-0.39, 0.29) is 35.5 Å². The van der Waals surface area contributed by atoms with Gasteiger partial charge in [0.15, 0.2) is 0 Å². The molecule has 36 heavy (non-hydrogen) atoms. The number of anilines is 1. The molecule has 1 aliphatic heterocycles. The molecule has 4 nitrogen and oxygen atoms in total. The summed E-state index contributed by atoms with van der Waals surface area (Å²) in [6.45, 7) is 7.24. The summed E-state index contributed by atoms with van der Waals surface area (Å²) in [5, 5.41) is 0. The molecule has 0 radical (unpaired) electrons. The molecule has 1 fully saturated rings. The number of carbonyl (C=O) groups is 2. The number of amides is 2. The van der Waals surface area contributed by atoms with Crippen LogP contribution in [-0.4, -0.2) is 18.4 Å². The van der Waals surface area contributed by atoms with Gasteiger partial charge in [-0.1, -0.05) is 76.1 Å². The summed E-state index contributed by atoms with van der Waals surface area (Å²) in [4.78, 5) is 29.4. The number of carbonyl (C=O) groups excluding carboxylic acids is 2. The van der Waals surface area contributed by atoms with Crippen LogP contribution in [0.1, 0.15) is 85.6 Å². The SMILES string of the molecule is CCCCCOc1ccc(N2C(=O)[C@@H]3[C@@H]4c5ccccc5[C@H](c5cc(C(C)C)ccc54)[C@H]3C2=O)cc1. The van der Waals surface area contributed by atoms with E-state index in [0.717, 1.165) is 25.0 Å². The van der Waals surface area contributed by atoms with E-state index >= 15 is 0 Å². The average Bonchev–Trinajstić information content (AvgIpc) is 3.17. The Morgan fingerprint density at radius 1 is 0.778 bits per heavy atom. The number of benzene rings is 3. The van der Waals surface area contributed by atoms with E-state index in [4.69, 9.17) is 4.74 Å². The molecule has 3 aromatic carbocycles. The molecule has 4 aliphatic rings. The lowest BCUT2D eigenvalue weighted by molar-refractivity contribution is -0.122. The molecule has 1 heterocycles. The number of ether oxygens (including phenoxy) is 1. The van der Waals surface area contributed by atoms with Gasteiger partial charge in [0.2, 0.25) is 11.8 Å². The van der Waals surface area contributed by atoms with Crippen molar-refractivity contribution in [3.63, 3.8) is 0 Å². The summed E-state index contributed by atoms with van der Waals surface area (Å²) in [5.41, 5.74) is 6.76. The smallest absolute Gasteiger partial charge is 0.238 e. The quantitative estimate of drug-likeness (QED) is 0.277. The zero-order chi connectivity index (χ0) is 25.0. The van der Waals surface area contributed by atoms with Gasteiger partial charge < -0.3 is 4.74 Å². The number of unbranched alkanes of at least 4 members (excludes halogenated alkanes) is 2. The van der Waals surface area contributed by atoms with Crippen molar-refractivity contribution in [2.75, 3.05) is 11.5 Å². The molecule has 0 saturated carbocycles. The first-order chi connectivity index (χ1) is 17.5. The topological polar surface area (TPSA) is 46.6 Å². The van der Waals surface area contributed by atoms with E-state index in [9.17, 15) is 9.59 Å². The van der Waals surface area contributed by atoms with E-state index in [1.54, 1.807) is 0 Å². The van der Waals surface area contributed by atoms with Crippen LogP contribution in [0.4, 0.5) is 5.69 Å². The minimum absolute atomic E-state index is 0.0771. The number of hydrogen-bond acceptors (Lipinski definition) is 3. The third-order valence-electron chi connectivity index (χ3n) is 8.34. The number of hydrogen-bond donors (Lipinski definition) is 0. The van der Waals surface area contributed by atoms with Crippen molar-refractivity contribution in [1.29, 1.82) is 0 Å². The van der Waals surface area contributed by atoms with Crippen LogP contribution in [0.25, 0.3) is 0 Å². The van der Waals surface area contributed by atoms with Gasteiger partial charge in [-0.3, -0.25) is 9.59 Å². The molecule has 0 unspecified atom stereocenters. The fraction of sp³-hybridized carbons (Fsp3) is 0.375. The maximum atomic E-state index is 14.0. The van der Waals surface area contributed by atoms with Crippen LogP contribution in [0.15, 0.2) is 66.7 Å². The van der Waals surface area contributed by atoms with Gasteiger partial charge in [0.05, 0.1) is 24.1 Å². The molecular formula is C32H33NO3. The number of rotatable bonds is 7. The van der Waals surface area contributed by atoms with Crippen molar-refractivity contribution in [1.82, 2.24) is 0 Å². The summed E-state index contributed by atoms with van der Waals surface area (Å²) in [5.74, 6) is 0.116. The molecular weight excluding hydrogens is 446 g/mol. The average molecular weight is 480 g/mol. The second-order valence-corrected chi connectivity index (χ2v) is 10.7. The summed E-state index contributed by atoms with van der Waals surface area (Å²) < 4.78 is 5.84. The Bertz CT molecular complexity index is 1330. The highest BCUT2D eigenvalue weighted by Crippen LogP contribution is 2.61. The van der Waals surface area contributed by atoms with Gasteiger partial charge in [-0.05, 0) is 64.4 Å². The second-order valence-electron chi connectivity index (χ2n) is 10.7. The molecule has 3 aromatic rings. The standard InChI is InChI=1S/C32H33NO3/c1-4-5-8-17-36-22-14-12-21(13-15-22)33-31(34)29-27-23-9-6-7-10-24(23)28(30(29)32(33)35)26-18-20(19(2)3)11-16-25(26)27/h6-7,9-16,18-19,27-30H,4-5,8,17H2,1-3H3/t27-,28-,29-,30-/m1/s1. The minimum atomic E-state index is -0.364. The molecule has 7 rings (SSSR count). The Hall–Kier alpha value is -3.40. The Morgan fingerprint density at radius 3 is 2.00 bits per heavy atom. The number of imide groups is 1. The molecule has 4 atom stereocenters. The van der Waals surface area contributed by atoms with Gasteiger partial charge in [-0.15, -0.1) is 0 Å². The molecule has 0 aromatic heterocycles. The van der Waals surface area contributed by atoms with Crippen molar-refractivity contribution in [3.05, 3.63) is 94.5 Å². The fourth-order valence-corrected chi connectivity index (χ4v) is 6.59. The highest BCUT2D eigenvalue weighted by Gasteiger charge is 2.61. The highest BCUT2D eigenvalue weighted by molar-refractivity contribution is 6.23. The zero-order valence-corrected chi connectivity index (χ0v) is 21.2. The third kappa shape index (κ3) is 3.42. The molecule has 0 spiro atoms. The first kappa shape index (κ1) is 23.0. The van der Waals surface area contributed by atoms with Crippen LogP contribution in [0, 0.1) is 11.8 Å². The predicted molar refractivity (Wildman–Crippen MR) is 142 cm³/mol. The molecule has 4 heteroatoms. The van der Waals surface area contributed by atoms with E-state index in [1.807, 2.05) is 24.3 Å².